The number of hydrogen-bond acceptors (Lipinski definition) is 3. The van der Waals surface area contributed by atoms with Crippen LogP contribution in [0.25, 0.3) is 0 Å². The van der Waals surface area contributed by atoms with Crippen LogP contribution in [0.1, 0.15) is 27.7 Å². The third-order valence-corrected chi connectivity index (χ3v) is 4.41. The number of ether oxygens (including phenoxy) is 1. The molecule has 0 atom stereocenters. The van der Waals surface area contributed by atoms with Crippen molar-refractivity contribution in [3.8, 4) is 5.75 Å². The van der Waals surface area contributed by atoms with Gasteiger partial charge in [-0.25, -0.2) is 4.39 Å². The average Bonchev–Trinajstić information content (AvgIpc) is 2.50. The first-order valence-corrected chi connectivity index (χ1v) is 6.86. The Morgan fingerprint density at radius 1 is 1.16 bits per heavy atom. The van der Waals surface area contributed by atoms with Crippen molar-refractivity contribution in [3.05, 3.63) is 22.4 Å². The zero-order chi connectivity index (χ0) is 14.4. The maximum absolute atomic E-state index is 14.1. The molecule has 1 heterocycles. The second-order valence-electron chi connectivity index (χ2n) is 5.56. The van der Waals surface area contributed by atoms with Crippen LogP contribution in [0.5, 0.6) is 5.75 Å². The molecular formula is C13H17BBrFO3. The molecule has 0 N–H and O–H groups in total. The smallest absolute Gasteiger partial charge is 0.496 e. The van der Waals surface area contributed by atoms with Gasteiger partial charge >= 0.3 is 7.12 Å². The molecule has 1 aliphatic heterocycles. The van der Waals surface area contributed by atoms with Crippen molar-refractivity contribution in [2.45, 2.75) is 38.9 Å². The third-order valence-electron chi connectivity index (χ3n) is 3.79. The fourth-order valence-electron chi connectivity index (χ4n) is 1.94. The van der Waals surface area contributed by atoms with E-state index in [4.69, 9.17) is 14.0 Å². The van der Waals surface area contributed by atoms with Gasteiger partial charge in [0.15, 0.2) is 0 Å². The highest BCUT2D eigenvalue weighted by molar-refractivity contribution is 9.10. The molecule has 1 aromatic rings. The van der Waals surface area contributed by atoms with Crippen molar-refractivity contribution >= 4 is 28.5 Å². The zero-order valence-electron chi connectivity index (χ0n) is 11.7. The van der Waals surface area contributed by atoms with Crippen LogP contribution < -0.4 is 10.2 Å². The number of hydrogen-bond donors (Lipinski definition) is 0. The number of halogens is 2. The molecule has 0 amide bonds. The molecule has 2 rings (SSSR count). The van der Waals surface area contributed by atoms with E-state index in [0.717, 1.165) is 0 Å². The van der Waals surface area contributed by atoms with Crippen molar-refractivity contribution in [1.82, 2.24) is 0 Å². The minimum atomic E-state index is -0.780. The van der Waals surface area contributed by atoms with Gasteiger partial charge in [0.05, 0.1) is 28.2 Å². The largest absolute Gasteiger partial charge is 0.501 e. The number of rotatable bonds is 2. The number of benzene rings is 1. The fraction of sp³-hybridized carbons (Fsp3) is 0.538. The van der Waals surface area contributed by atoms with Crippen molar-refractivity contribution < 1.29 is 18.4 Å². The van der Waals surface area contributed by atoms with E-state index in [1.54, 1.807) is 6.07 Å². The molecule has 1 saturated heterocycles. The third kappa shape index (κ3) is 2.41. The van der Waals surface area contributed by atoms with Gasteiger partial charge in [0.25, 0.3) is 0 Å². The van der Waals surface area contributed by atoms with Gasteiger partial charge in [0.2, 0.25) is 0 Å². The molecule has 0 unspecified atom stereocenters. The Kier molecular flexibility index (Phi) is 3.71. The second-order valence-corrected chi connectivity index (χ2v) is 6.42. The molecule has 6 heteroatoms. The topological polar surface area (TPSA) is 27.7 Å². The molecule has 0 aliphatic carbocycles. The Morgan fingerprint density at radius 3 is 2.16 bits per heavy atom. The van der Waals surface area contributed by atoms with Crippen molar-refractivity contribution in [3.63, 3.8) is 0 Å². The van der Waals surface area contributed by atoms with E-state index in [1.165, 1.54) is 13.2 Å². The lowest BCUT2D eigenvalue weighted by atomic mass is 9.78. The summed E-state index contributed by atoms with van der Waals surface area (Å²) >= 11 is 3.34. The first kappa shape index (κ1) is 14.8. The SMILES string of the molecule is COc1c(Br)ccc(F)c1B1OC(C)(C)C(C)(C)O1. The van der Waals surface area contributed by atoms with Gasteiger partial charge in [0.1, 0.15) is 11.6 Å². The molecule has 0 aromatic heterocycles. The van der Waals surface area contributed by atoms with Crippen LogP contribution in [0.2, 0.25) is 0 Å². The van der Waals surface area contributed by atoms with E-state index in [1.807, 2.05) is 27.7 Å². The van der Waals surface area contributed by atoms with Gasteiger partial charge in [0, 0.05) is 0 Å². The quantitative estimate of drug-likeness (QED) is 0.780. The molecule has 0 spiro atoms. The van der Waals surface area contributed by atoms with E-state index in [9.17, 15) is 4.39 Å². The van der Waals surface area contributed by atoms with Crippen LogP contribution >= 0.6 is 15.9 Å². The maximum atomic E-state index is 14.1. The van der Waals surface area contributed by atoms with E-state index >= 15 is 0 Å². The van der Waals surface area contributed by atoms with Gasteiger partial charge in [-0.05, 0) is 55.8 Å². The van der Waals surface area contributed by atoms with Gasteiger partial charge in [-0.2, -0.15) is 0 Å². The molecule has 104 valence electrons. The Hall–Kier alpha value is -0.585. The van der Waals surface area contributed by atoms with E-state index in [-0.39, 0.29) is 5.46 Å². The van der Waals surface area contributed by atoms with Crippen molar-refractivity contribution in [2.24, 2.45) is 0 Å². The van der Waals surface area contributed by atoms with Crippen LogP contribution in [0.3, 0.4) is 0 Å². The van der Waals surface area contributed by atoms with Crippen LogP contribution in [0.4, 0.5) is 4.39 Å². The monoisotopic (exact) mass is 330 g/mol. The predicted molar refractivity (Wildman–Crippen MR) is 76.4 cm³/mol. The first-order chi connectivity index (χ1) is 8.69. The summed E-state index contributed by atoms with van der Waals surface area (Å²) in [5.41, 5.74) is -0.745. The Bertz CT molecular complexity index is 489. The van der Waals surface area contributed by atoms with Gasteiger partial charge in [-0.15, -0.1) is 0 Å². The highest BCUT2D eigenvalue weighted by atomic mass is 79.9. The molecule has 0 saturated carbocycles. The van der Waals surface area contributed by atoms with Gasteiger partial charge in [-0.3, -0.25) is 0 Å². The molecular weight excluding hydrogens is 314 g/mol. The lowest BCUT2D eigenvalue weighted by molar-refractivity contribution is 0.00578. The minimum absolute atomic E-state index is 0.288. The lowest BCUT2D eigenvalue weighted by Gasteiger charge is -2.32. The summed E-state index contributed by atoms with van der Waals surface area (Å²) in [6.07, 6.45) is 0. The Labute approximate surface area is 121 Å². The number of methoxy groups -OCH3 is 1. The molecule has 1 aliphatic rings. The lowest BCUT2D eigenvalue weighted by Crippen LogP contribution is -2.41. The maximum Gasteiger partial charge on any atom is 0.501 e. The summed E-state index contributed by atoms with van der Waals surface area (Å²) in [6, 6.07) is 2.97. The minimum Gasteiger partial charge on any atom is -0.496 e. The molecule has 1 fully saturated rings. The molecule has 0 radical (unpaired) electrons. The summed E-state index contributed by atoms with van der Waals surface area (Å²) in [4.78, 5) is 0. The van der Waals surface area contributed by atoms with Crippen LogP contribution in [0.15, 0.2) is 16.6 Å². The Balaban J connectivity index is 2.48. The van der Waals surface area contributed by atoms with E-state index in [2.05, 4.69) is 15.9 Å². The zero-order valence-corrected chi connectivity index (χ0v) is 13.3. The van der Waals surface area contributed by atoms with Crippen molar-refractivity contribution in [2.75, 3.05) is 7.11 Å². The molecule has 1 aromatic carbocycles. The van der Waals surface area contributed by atoms with Crippen LogP contribution in [-0.2, 0) is 9.31 Å². The summed E-state index contributed by atoms with van der Waals surface area (Å²) in [6.45, 7) is 7.70. The standard InChI is InChI=1S/C13H17BBrFO3/c1-12(2)13(3,4)19-14(18-12)10-9(16)7-6-8(15)11(10)17-5/h6-7H,1-5H3. The highest BCUT2D eigenvalue weighted by Crippen LogP contribution is 2.38. The second kappa shape index (κ2) is 4.75. The highest BCUT2D eigenvalue weighted by Gasteiger charge is 2.53. The van der Waals surface area contributed by atoms with Crippen LogP contribution in [0, 0.1) is 5.82 Å². The normalized spacial score (nSPS) is 20.7. The van der Waals surface area contributed by atoms with E-state index in [0.29, 0.717) is 10.2 Å². The molecule has 0 bridgehead atoms. The van der Waals surface area contributed by atoms with Gasteiger partial charge < -0.3 is 14.0 Å². The molecule has 19 heavy (non-hydrogen) atoms. The summed E-state index contributed by atoms with van der Waals surface area (Å²) in [5.74, 6) is -0.00273. The summed E-state index contributed by atoms with van der Waals surface area (Å²) < 4.78 is 31.8. The first-order valence-electron chi connectivity index (χ1n) is 6.07. The summed E-state index contributed by atoms with van der Waals surface area (Å²) in [7, 11) is 0.714. The van der Waals surface area contributed by atoms with Crippen LogP contribution in [-0.4, -0.2) is 25.4 Å². The summed E-state index contributed by atoms with van der Waals surface area (Å²) in [5, 5.41) is 0. The average molecular weight is 331 g/mol. The molecule has 3 nitrogen and oxygen atoms in total. The van der Waals surface area contributed by atoms with Crippen molar-refractivity contribution in [1.29, 1.82) is 0 Å². The Morgan fingerprint density at radius 2 is 1.68 bits per heavy atom. The van der Waals surface area contributed by atoms with Gasteiger partial charge in [-0.1, -0.05) is 0 Å². The van der Waals surface area contributed by atoms with E-state index < -0.39 is 24.1 Å². The predicted octanol–water partition coefficient (Wildman–Crippen LogP) is 2.90. The fourth-order valence-corrected chi connectivity index (χ4v) is 2.44.